The van der Waals surface area contributed by atoms with Gasteiger partial charge in [-0.3, -0.25) is 4.79 Å². The largest absolute Gasteiger partial charge is 0.492 e. The van der Waals surface area contributed by atoms with Crippen LogP contribution in [0.15, 0.2) is 61.1 Å². The van der Waals surface area contributed by atoms with Crippen LogP contribution >= 0.6 is 0 Å². The number of hydrogen-bond donors (Lipinski definition) is 2. The number of fused-ring (bicyclic) bond motifs is 1. The number of pyridine rings is 2. The van der Waals surface area contributed by atoms with Crippen LogP contribution in [0.5, 0.6) is 5.75 Å². The molecule has 1 aliphatic carbocycles. The molecule has 0 radical (unpaired) electrons. The molecule has 0 saturated heterocycles. The van der Waals surface area contributed by atoms with Gasteiger partial charge in [0.1, 0.15) is 17.6 Å². The lowest BCUT2D eigenvalue weighted by Crippen LogP contribution is -2.28. The standard InChI is InChI=1S/C30H28N6O2/c1-2-38-26-16-27(29-25(17-31)19-35-36(29)20-26)24-11-12-28(34-18-24)32-13-14-33-30(37)23-8-4-7-22(15-23)6-3-5-21-9-10-21/h4,7-8,11-12,15-16,18-21H,2,6,9-10,13-14H2,1H3,(H,32,34)(H,33,37). The summed E-state index contributed by atoms with van der Waals surface area (Å²) >= 11 is 0. The van der Waals surface area contributed by atoms with Gasteiger partial charge in [0, 0.05) is 48.3 Å². The Kier molecular flexibility index (Phi) is 7.52. The van der Waals surface area contributed by atoms with Crippen molar-refractivity contribution >= 4 is 17.2 Å². The number of nitrogens with one attached hydrogen (secondary N) is 2. The summed E-state index contributed by atoms with van der Waals surface area (Å²) in [6.45, 7) is 3.42. The minimum Gasteiger partial charge on any atom is -0.492 e. The number of benzene rings is 1. The summed E-state index contributed by atoms with van der Waals surface area (Å²) in [6, 6.07) is 15.5. The lowest BCUT2D eigenvalue weighted by atomic mass is 10.1. The SMILES string of the molecule is CCOc1cc(-c2ccc(NCCNC(=O)c3cccc(CC#CC4CC4)c3)nc2)c2c(C#N)cnn2c1. The van der Waals surface area contributed by atoms with Crippen molar-refractivity contribution in [3.8, 4) is 34.8 Å². The normalized spacial score (nSPS) is 12.3. The molecule has 1 fully saturated rings. The van der Waals surface area contributed by atoms with E-state index in [-0.39, 0.29) is 5.91 Å². The van der Waals surface area contributed by atoms with Crippen molar-refractivity contribution in [3.63, 3.8) is 0 Å². The molecule has 1 amide bonds. The number of nitriles is 1. The van der Waals surface area contributed by atoms with Crippen LogP contribution in [-0.4, -0.2) is 40.2 Å². The molecule has 0 unspecified atom stereocenters. The summed E-state index contributed by atoms with van der Waals surface area (Å²) in [5.41, 5.74) is 4.54. The first kappa shape index (κ1) is 24.9. The third kappa shape index (κ3) is 5.93. The fourth-order valence-electron chi connectivity index (χ4n) is 4.12. The number of carbonyl (C=O) groups is 1. The van der Waals surface area contributed by atoms with Gasteiger partial charge in [0.15, 0.2) is 0 Å². The first-order valence-corrected chi connectivity index (χ1v) is 12.7. The fraction of sp³-hybridized carbons (Fsp3) is 0.267. The third-order valence-corrected chi connectivity index (χ3v) is 6.17. The molecule has 0 spiro atoms. The van der Waals surface area contributed by atoms with Gasteiger partial charge in [0.2, 0.25) is 0 Å². The molecule has 2 N–H and O–H groups in total. The van der Waals surface area contributed by atoms with Gasteiger partial charge in [-0.15, -0.1) is 0 Å². The Morgan fingerprint density at radius 2 is 2.08 bits per heavy atom. The van der Waals surface area contributed by atoms with E-state index >= 15 is 0 Å². The Labute approximate surface area is 221 Å². The van der Waals surface area contributed by atoms with Crippen molar-refractivity contribution in [1.29, 1.82) is 5.26 Å². The summed E-state index contributed by atoms with van der Waals surface area (Å²) in [7, 11) is 0. The Morgan fingerprint density at radius 1 is 1.18 bits per heavy atom. The molecule has 190 valence electrons. The average Bonchev–Trinajstić information content (AvgIpc) is 3.68. The number of hydrogen-bond acceptors (Lipinski definition) is 6. The molecule has 5 rings (SSSR count). The van der Waals surface area contributed by atoms with Crippen LogP contribution in [0.2, 0.25) is 0 Å². The van der Waals surface area contributed by atoms with Crippen LogP contribution in [0.1, 0.15) is 41.3 Å². The predicted octanol–water partition coefficient (Wildman–Crippen LogP) is 4.46. The van der Waals surface area contributed by atoms with Gasteiger partial charge in [-0.2, -0.15) is 10.4 Å². The van der Waals surface area contributed by atoms with Crippen LogP contribution < -0.4 is 15.4 Å². The minimum absolute atomic E-state index is 0.112. The van der Waals surface area contributed by atoms with Gasteiger partial charge < -0.3 is 15.4 Å². The van der Waals surface area contributed by atoms with E-state index in [4.69, 9.17) is 4.74 Å². The highest BCUT2D eigenvalue weighted by Gasteiger charge is 2.17. The lowest BCUT2D eigenvalue weighted by Gasteiger charge is -2.11. The van der Waals surface area contributed by atoms with Crippen molar-refractivity contribution < 1.29 is 9.53 Å². The molecular formula is C30H28N6O2. The molecule has 8 nitrogen and oxygen atoms in total. The van der Waals surface area contributed by atoms with E-state index in [9.17, 15) is 10.1 Å². The fourth-order valence-corrected chi connectivity index (χ4v) is 4.12. The Hall–Kier alpha value is -4.82. The van der Waals surface area contributed by atoms with Gasteiger partial charge in [-0.05, 0) is 55.7 Å². The highest BCUT2D eigenvalue weighted by atomic mass is 16.5. The van der Waals surface area contributed by atoms with Crippen LogP contribution in [-0.2, 0) is 6.42 Å². The Bertz CT molecular complexity index is 1550. The Balaban J connectivity index is 1.18. The van der Waals surface area contributed by atoms with Gasteiger partial charge in [-0.25, -0.2) is 9.50 Å². The second-order valence-electron chi connectivity index (χ2n) is 9.07. The van der Waals surface area contributed by atoms with E-state index in [1.54, 1.807) is 23.1 Å². The first-order chi connectivity index (χ1) is 18.6. The summed E-state index contributed by atoms with van der Waals surface area (Å²) < 4.78 is 7.33. The van der Waals surface area contributed by atoms with Gasteiger partial charge in [0.05, 0.1) is 30.1 Å². The second kappa shape index (κ2) is 11.5. The number of aromatic nitrogens is 3. The second-order valence-corrected chi connectivity index (χ2v) is 9.07. The molecule has 1 saturated carbocycles. The third-order valence-electron chi connectivity index (χ3n) is 6.17. The van der Waals surface area contributed by atoms with Crippen LogP contribution in [0.4, 0.5) is 5.82 Å². The highest BCUT2D eigenvalue weighted by Crippen LogP contribution is 2.31. The molecule has 1 aliphatic rings. The van der Waals surface area contributed by atoms with Crippen molar-refractivity contribution in [2.24, 2.45) is 5.92 Å². The molecule has 3 aromatic heterocycles. The van der Waals surface area contributed by atoms with E-state index in [0.29, 0.717) is 60.2 Å². The number of amides is 1. The highest BCUT2D eigenvalue weighted by molar-refractivity contribution is 5.94. The molecular weight excluding hydrogens is 476 g/mol. The number of nitrogens with zero attached hydrogens (tertiary/aromatic N) is 4. The van der Waals surface area contributed by atoms with Crippen molar-refractivity contribution in [1.82, 2.24) is 19.9 Å². The number of carbonyl (C=O) groups excluding carboxylic acids is 1. The smallest absolute Gasteiger partial charge is 0.251 e. The van der Waals surface area contributed by atoms with E-state index in [0.717, 1.165) is 16.7 Å². The van der Waals surface area contributed by atoms with Crippen molar-refractivity contribution in [2.45, 2.75) is 26.2 Å². The summed E-state index contributed by atoms with van der Waals surface area (Å²) in [6.07, 6.45) is 8.15. The van der Waals surface area contributed by atoms with E-state index in [1.807, 2.05) is 49.4 Å². The Morgan fingerprint density at radius 3 is 2.84 bits per heavy atom. The molecule has 38 heavy (non-hydrogen) atoms. The number of ether oxygens (including phenoxy) is 1. The van der Waals surface area contributed by atoms with Crippen LogP contribution in [0.25, 0.3) is 16.6 Å². The zero-order chi connectivity index (χ0) is 26.3. The maximum Gasteiger partial charge on any atom is 0.251 e. The number of anilines is 1. The number of rotatable bonds is 9. The first-order valence-electron chi connectivity index (χ1n) is 12.7. The zero-order valence-electron chi connectivity index (χ0n) is 21.2. The quantitative estimate of drug-likeness (QED) is 0.258. The summed E-state index contributed by atoms with van der Waals surface area (Å²) in [5.74, 6) is 8.29. The zero-order valence-corrected chi connectivity index (χ0v) is 21.2. The van der Waals surface area contributed by atoms with E-state index < -0.39 is 0 Å². The molecule has 0 aliphatic heterocycles. The van der Waals surface area contributed by atoms with Crippen molar-refractivity contribution in [3.05, 3.63) is 77.7 Å². The molecule has 4 aromatic rings. The van der Waals surface area contributed by atoms with E-state index in [1.165, 1.54) is 12.8 Å². The van der Waals surface area contributed by atoms with Gasteiger partial charge >= 0.3 is 0 Å². The van der Waals surface area contributed by atoms with Crippen LogP contribution in [0, 0.1) is 29.1 Å². The average molecular weight is 505 g/mol. The topological polar surface area (TPSA) is 104 Å². The molecule has 1 aromatic carbocycles. The lowest BCUT2D eigenvalue weighted by molar-refractivity contribution is 0.0955. The monoisotopic (exact) mass is 504 g/mol. The van der Waals surface area contributed by atoms with Crippen molar-refractivity contribution in [2.75, 3.05) is 25.0 Å². The maximum absolute atomic E-state index is 12.6. The van der Waals surface area contributed by atoms with Gasteiger partial charge in [0.25, 0.3) is 5.91 Å². The molecule has 0 atom stereocenters. The molecule has 8 heteroatoms. The van der Waals surface area contributed by atoms with Gasteiger partial charge in [-0.1, -0.05) is 24.0 Å². The predicted molar refractivity (Wildman–Crippen MR) is 146 cm³/mol. The minimum atomic E-state index is -0.112. The molecule has 3 heterocycles. The summed E-state index contributed by atoms with van der Waals surface area (Å²) in [5, 5.41) is 20.0. The van der Waals surface area contributed by atoms with Crippen LogP contribution in [0.3, 0.4) is 0 Å². The maximum atomic E-state index is 12.6. The van der Waals surface area contributed by atoms with E-state index in [2.05, 4.69) is 38.6 Å². The molecule has 0 bridgehead atoms. The summed E-state index contributed by atoms with van der Waals surface area (Å²) in [4.78, 5) is 17.1.